The number of carbonyl (C=O) groups is 2. The van der Waals surface area contributed by atoms with Crippen LogP contribution in [0.4, 0.5) is 0 Å². The average molecular weight is 295 g/mol. The van der Waals surface area contributed by atoms with Crippen LogP contribution < -0.4 is 0 Å². The molecule has 0 radical (unpaired) electrons. The topological polar surface area (TPSA) is 84.7 Å². The van der Waals surface area contributed by atoms with Gasteiger partial charge in [0.15, 0.2) is 6.10 Å². The molecule has 116 valence electrons. The molecule has 1 aliphatic heterocycles. The molecule has 7 nitrogen and oxygen atoms in total. The van der Waals surface area contributed by atoms with Crippen LogP contribution in [-0.2, 0) is 22.0 Å². The van der Waals surface area contributed by atoms with E-state index >= 15 is 0 Å². The van der Waals surface area contributed by atoms with E-state index in [1.165, 1.54) is 4.90 Å². The van der Waals surface area contributed by atoms with E-state index in [0.717, 1.165) is 5.69 Å². The van der Waals surface area contributed by atoms with Crippen LogP contribution in [0.2, 0.25) is 0 Å². The van der Waals surface area contributed by atoms with Crippen LogP contribution in [0.15, 0.2) is 6.07 Å². The number of aryl methyl sites for hydroxylation is 1. The molecule has 2 heterocycles. The molecule has 0 saturated carbocycles. The molecule has 0 aliphatic carbocycles. The molecule has 1 N–H and O–H groups in total. The zero-order valence-corrected chi connectivity index (χ0v) is 12.8. The third-order valence-electron chi connectivity index (χ3n) is 3.50. The minimum atomic E-state index is -1.05. The number of carboxylic acids is 1. The van der Waals surface area contributed by atoms with Gasteiger partial charge in [-0.15, -0.1) is 0 Å². The molecule has 0 spiro atoms. The number of morpholine rings is 1. The van der Waals surface area contributed by atoms with Crippen molar-refractivity contribution in [3.63, 3.8) is 0 Å². The van der Waals surface area contributed by atoms with Gasteiger partial charge in [-0.2, -0.15) is 5.10 Å². The Kier molecular flexibility index (Phi) is 4.04. The highest BCUT2D eigenvalue weighted by atomic mass is 16.5. The van der Waals surface area contributed by atoms with Gasteiger partial charge >= 0.3 is 5.97 Å². The normalized spacial score (nSPS) is 19.6. The highest BCUT2D eigenvalue weighted by Gasteiger charge is 2.31. The average Bonchev–Trinajstić information content (AvgIpc) is 2.80. The molecular weight excluding hydrogens is 274 g/mol. The Hall–Kier alpha value is -1.89. The molecule has 0 bridgehead atoms. The lowest BCUT2D eigenvalue weighted by atomic mass is 9.92. The van der Waals surface area contributed by atoms with E-state index in [4.69, 9.17) is 9.84 Å². The Morgan fingerprint density at radius 3 is 2.62 bits per heavy atom. The second-order valence-electron chi connectivity index (χ2n) is 6.24. The quantitative estimate of drug-likeness (QED) is 0.865. The molecule has 1 unspecified atom stereocenters. The summed E-state index contributed by atoms with van der Waals surface area (Å²) in [5.41, 5.74) is 1.15. The van der Waals surface area contributed by atoms with Crippen LogP contribution in [0.5, 0.6) is 0 Å². The van der Waals surface area contributed by atoms with Gasteiger partial charge in [0.25, 0.3) is 5.91 Å². The van der Waals surface area contributed by atoms with Gasteiger partial charge in [-0.05, 0) is 6.07 Å². The van der Waals surface area contributed by atoms with Crippen LogP contribution in [-0.4, -0.2) is 57.5 Å². The first-order chi connectivity index (χ1) is 9.70. The van der Waals surface area contributed by atoms with Crippen LogP contribution in [0.3, 0.4) is 0 Å². The Labute approximate surface area is 123 Å². The lowest BCUT2D eigenvalue weighted by Gasteiger charge is -2.30. The number of aliphatic carboxylic acids is 1. The molecule has 1 amide bonds. The van der Waals surface area contributed by atoms with Crippen molar-refractivity contribution in [2.45, 2.75) is 32.3 Å². The fourth-order valence-corrected chi connectivity index (χ4v) is 2.18. The Balaban J connectivity index is 2.20. The lowest BCUT2D eigenvalue weighted by molar-refractivity contribution is -0.154. The van der Waals surface area contributed by atoms with Crippen molar-refractivity contribution in [3.8, 4) is 0 Å². The van der Waals surface area contributed by atoms with Gasteiger partial charge < -0.3 is 14.7 Å². The van der Waals surface area contributed by atoms with Crippen molar-refractivity contribution >= 4 is 11.9 Å². The van der Waals surface area contributed by atoms with Gasteiger partial charge in [-0.3, -0.25) is 9.48 Å². The minimum absolute atomic E-state index is 0.0597. The summed E-state index contributed by atoms with van der Waals surface area (Å²) in [6.45, 7) is 6.76. The van der Waals surface area contributed by atoms with E-state index in [9.17, 15) is 9.59 Å². The monoisotopic (exact) mass is 295 g/mol. The van der Waals surface area contributed by atoms with E-state index in [2.05, 4.69) is 5.10 Å². The van der Waals surface area contributed by atoms with E-state index in [0.29, 0.717) is 12.2 Å². The van der Waals surface area contributed by atoms with Crippen LogP contribution in [0.1, 0.15) is 37.0 Å². The second kappa shape index (κ2) is 5.48. The molecule has 1 atom stereocenters. The Bertz CT molecular complexity index is 559. The number of rotatable bonds is 2. The summed E-state index contributed by atoms with van der Waals surface area (Å²) in [6, 6.07) is 1.77. The third-order valence-corrected chi connectivity index (χ3v) is 3.50. The minimum Gasteiger partial charge on any atom is -0.479 e. The smallest absolute Gasteiger partial charge is 0.334 e. The number of carboxylic acid groups (broad SMARTS) is 1. The summed E-state index contributed by atoms with van der Waals surface area (Å²) in [5, 5.41) is 13.4. The largest absolute Gasteiger partial charge is 0.479 e. The number of amides is 1. The molecule has 1 aliphatic rings. The van der Waals surface area contributed by atoms with Gasteiger partial charge in [-0.25, -0.2) is 4.79 Å². The van der Waals surface area contributed by atoms with Gasteiger partial charge in [0.1, 0.15) is 5.69 Å². The van der Waals surface area contributed by atoms with Crippen molar-refractivity contribution in [1.82, 2.24) is 14.7 Å². The van der Waals surface area contributed by atoms with Crippen LogP contribution in [0.25, 0.3) is 0 Å². The first kappa shape index (κ1) is 15.5. The number of hydrogen-bond acceptors (Lipinski definition) is 4. The zero-order valence-electron chi connectivity index (χ0n) is 12.8. The zero-order chi connectivity index (χ0) is 15.8. The predicted octanol–water partition coefficient (Wildman–Crippen LogP) is 0.643. The SMILES string of the molecule is Cn1nc(C(C)(C)C)cc1C(=O)N1CCOC(C(=O)O)C1. The van der Waals surface area contributed by atoms with Crippen molar-refractivity contribution in [2.75, 3.05) is 19.7 Å². The van der Waals surface area contributed by atoms with Gasteiger partial charge in [0, 0.05) is 19.0 Å². The number of aromatic nitrogens is 2. The van der Waals surface area contributed by atoms with E-state index < -0.39 is 12.1 Å². The van der Waals surface area contributed by atoms with Crippen LogP contribution in [0, 0.1) is 0 Å². The number of ether oxygens (including phenoxy) is 1. The van der Waals surface area contributed by atoms with E-state index in [1.54, 1.807) is 17.8 Å². The fraction of sp³-hybridized carbons (Fsp3) is 0.643. The van der Waals surface area contributed by atoms with Gasteiger partial charge in [0.05, 0.1) is 18.8 Å². The summed E-state index contributed by atoms with van der Waals surface area (Å²) in [5.74, 6) is -1.26. The van der Waals surface area contributed by atoms with Gasteiger partial charge in [0.2, 0.25) is 0 Å². The number of carbonyl (C=O) groups excluding carboxylic acids is 1. The molecule has 1 aromatic heterocycles. The highest BCUT2D eigenvalue weighted by Crippen LogP contribution is 2.22. The molecule has 2 rings (SSSR count). The standard InChI is InChI=1S/C14H21N3O4/c1-14(2,3)11-7-9(16(4)15-11)12(18)17-5-6-21-10(8-17)13(19)20/h7,10H,5-6,8H2,1-4H3,(H,19,20). The lowest BCUT2D eigenvalue weighted by Crippen LogP contribution is -2.48. The van der Waals surface area contributed by atoms with E-state index in [1.807, 2.05) is 20.8 Å². The van der Waals surface area contributed by atoms with Gasteiger partial charge in [-0.1, -0.05) is 20.8 Å². The van der Waals surface area contributed by atoms with Crippen molar-refractivity contribution < 1.29 is 19.4 Å². The number of nitrogens with zero attached hydrogens (tertiary/aromatic N) is 3. The summed E-state index contributed by atoms with van der Waals surface area (Å²) >= 11 is 0. The molecule has 21 heavy (non-hydrogen) atoms. The maximum atomic E-state index is 12.5. The highest BCUT2D eigenvalue weighted by molar-refractivity contribution is 5.93. The second-order valence-corrected chi connectivity index (χ2v) is 6.24. The number of hydrogen-bond donors (Lipinski definition) is 1. The third kappa shape index (κ3) is 3.24. The van der Waals surface area contributed by atoms with Crippen molar-refractivity contribution in [3.05, 3.63) is 17.5 Å². The Morgan fingerprint density at radius 1 is 1.43 bits per heavy atom. The van der Waals surface area contributed by atoms with Crippen molar-refractivity contribution in [1.29, 1.82) is 0 Å². The molecule has 0 aromatic carbocycles. The summed E-state index contributed by atoms with van der Waals surface area (Å²) in [6.07, 6.45) is -0.960. The molecule has 1 fully saturated rings. The fourth-order valence-electron chi connectivity index (χ4n) is 2.18. The molecule has 7 heteroatoms. The maximum absolute atomic E-state index is 12.5. The summed E-state index contributed by atoms with van der Waals surface area (Å²) < 4.78 is 6.68. The summed E-state index contributed by atoms with van der Waals surface area (Å²) in [7, 11) is 1.72. The summed E-state index contributed by atoms with van der Waals surface area (Å²) in [4.78, 5) is 25.0. The van der Waals surface area contributed by atoms with Crippen molar-refractivity contribution in [2.24, 2.45) is 7.05 Å². The predicted molar refractivity (Wildman–Crippen MR) is 75.2 cm³/mol. The molecule has 1 aromatic rings. The molecule has 1 saturated heterocycles. The first-order valence-electron chi connectivity index (χ1n) is 6.88. The van der Waals surface area contributed by atoms with E-state index in [-0.39, 0.29) is 24.5 Å². The molecular formula is C14H21N3O4. The van der Waals surface area contributed by atoms with Crippen LogP contribution >= 0.6 is 0 Å². The maximum Gasteiger partial charge on any atom is 0.334 e. The first-order valence-corrected chi connectivity index (χ1v) is 6.88. The Morgan fingerprint density at radius 2 is 2.10 bits per heavy atom.